The fraction of sp³-hybridized carbons (Fsp3) is 0.440. The first kappa shape index (κ1) is 24.6. The SMILES string of the molecule is CC[C@H](CCC(F)(F)F)NC(=O)N(CC)C(C)(C)c1cccc(-c2ccc3nccn3c2)c1. The second kappa shape index (κ2) is 9.85. The monoisotopic (exact) mass is 460 g/mol. The van der Waals surface area contributed by atoms with Gasteiger partial charge in [0.05, 0.1) is 5.54 Å². The summed E-state index contributed by atoms with van der Waals surface area (Å²) < 4.78 is 39.9. The van der Waals surface area contributed by atoms with E-state index in [0.29, 0.717) is 13.0 Å². The molecule has 0 saturated heterocycles. The molecule has 0 aliphatic rings. The molecule has 5 nitrogen and oxygen atoms in total. The molecule has 0 unspecified atom stereocenters. The molecule has 2 amide bonds. The van der Waals surface area contributed by atoms with E-state index in [2.05, 4.69) is 16.4 Å². The number of carbonyl (C=O) groups is 1. The second-order valence-electron chi connectivity index (χ2n) is 8.70. The normalized spacial score (nSPS) is 13.2. The van der Waals surface area contributed by atoms with Gasteiger partial charge in [-0.05, 0) is 68.5 Å². The van der Waals surface area contributed by atoms with Gasteiger partial charge in [0.15, 0.2) is 0 Å². The van der Waals surface area contributed by atoms with Gasteiger partial charge in [0.25, 0.3) is 0 Å². The maximum atomic E-state index is 13.1. The van der Waals surface area contributed by atoms with Crippen molar-refractivity contribution < 1.29 is 18.0 Å². The van der Waals surface area contributed by atoms with Gasteiger partial charge >= 0.3 is 12.2 Å². The maximum absolute atomic E-state index is 13.1. The molecule has 178 valence electrons. The molecule has 0 bridgehead atoms. The summed E-state index contributed by atoms with van der Waals surface area (Å²) in [6.45, 7) is 7.97. The molecule has 0 aliphatic heterocycles. The van der Waals surface area contributed by atoms with E-state index in [1.54, 1.807) is 18.0 Å². The Morgan fingerprint density at radius 2 is 1.91 bits per heavy atom. The van der Waals surface area contributed by atoms with E-state index in [4.69, 9.17) is 0 Å². The van der Waals surface area contributed by atoms with E-state index in [0.717, 1.165) is 22.3 Å². The predicted molar refractivity (Wildman–Crippen MR) is 124 cm³/mol. The van der Waals surface area contributed by atoms with Gasteiger partial charge in [-0.25, -0.2) is 9.78 Å². The number of nitrogens with zero attached hydrogens (tertiary/aromatic N) is 3. The molecule has 1 aromatic carbocycles. The van der Waals surface area contributed by atoms with Crippen molar-refractivity contribution in [3.63, 3.8) is 0 Å². The van der Waals surface area contributed by atoms with Crippen molar-refractivity contribution in [2.24, 2.45) is 0 Å². The first-order valence-corrected chi connectivity index (χ1v) is 11.2. The van der Waals surface area contributed by atoms with Crippen molar-refractivity contribution >= 4 is 11.7 Å². The Labute approximate surface area is 192 Å². The number of pyridine rings is 1. The number of carbonyl (C=O) groups excluding carboxylic acids is 1. The number of benzene rings is 1. The molecule has 0 saturated carbocycles. The molecule has 0 spiro atoms. The van der Waals surface area contributed by atoms with Gasteiger partial charge in [0, 0.05) is 37.6 Å². The van der Waals surface area contributed by atoms with Crippen LogP contribution in [0.15, 0.2) is 55.0 Å². The van der Waals surface area contributed by atoms with Crippen molar-refractivity contribution in [1.82, 2.24) is 19.6 Å². The fourth-order valence-corrected chi connectivity index (χ4v) is 4.09. The zero-order chi connectivity index (χ0) is 24.2. The Morgan fingerprint density at radius 1 is 1.15 bits per heavy atom. The van der Waals surface area contributed by atoms with Gasteiger partial charge < -0.3 is 14.6 Å². The molecule has 3 rings (SSSR count). The van der Waals surface area contributed by atoms with Crippen LogP contribution in [0.25, 0.3) is 16.8 Å². The molecule has 8 heteroatoms. The minimum atomic E-state index is -4.23. The van der Waals surface area contributed by atoms with Gasteiger partial charge in [0.2, 0.25) is 0 Å². The first-order valence-electron chi connectivity index (χ1n) is 11.2. The molecule has 2 aromatic heterocycles. The molecular weight excluding hydrogens is 429 g/mol. The van der Waals surface area contributed by atoms with E-state index in [1.165, 1.54) is 0 Å². The van der Waals surface area contributed by atoms with E-state index in [1.807, 2.05) is 67.9 Å². The number of aromatic nitrogens is 2. The molecule has 1 atom stereocenters. The smallest absolute Gasteiger partial charge is 0.335 e. The van der Waals surface area contributed by atoms with E-state index < -0.39 is 24.2 Å². The van der Waals surface area contributed by atoms with Crippen molar-refractivity contribution in [1.29, 1.82) is 0 Å². The largest absolute Gasteiger partial charge is 0.389 e. The summed E-state index contributed by atoms with van der Waals surface area (Å²) in [5.41, 5.74) is 3.15. The van der Waals surface area contributed by atoms with Crippen LogP contribution in [0.3, 0.4) is 0 Å². The number of halogens is 3. The van der Waals surface area contributed by atoms with Gasteiger partial charge in [0.1, 0.15) is 5.65 Å². The molecule has 0 aliphatic carbocycles. The summed E-state index contributed by atoms with van der Waals surface area (Å²) in [4.78, 5) is 19.0. The number of hydrogen-bond acceptors (Lipinski definition) is 2. The average Bonchev–Trinajstić information content (AvgIpc) is 3.24. The Bertz CT molecular complexity index is 1090. The Balaban J connectivity index is 1.81. The number of amides is 2. The summed E-state index contributed by atoms with van der Waals surface area (Å²) in [5.74, 6) is 0. The Kier molecular flexibility index (Phi) is 7.34. The molecule has 1 N–H and O–H groups in total. The quantitative estimate of drug-likeness (QED) is 0.424. The minimum Gasteiger partial charge on any atom is -0.335 e. The standard InChI is InChI=1S/C25H31F3N4O/c1-5-21(12-13-25(26,27)28)30-23(33)32(6-2)24(3,4)20-9-7-8-18(16-20)19-10-11-22-29-14-15-31(22)17-19/h7-11,14-17,21H,5-6,12-13H2,1-4H3,(H,30,33)/t21-/m1/s1. The predicted octanol–water partition coefficient (Wildman–Crippen LogP) is 6.39. The highest BCUT2D eigenvalue weighted by Crippen LogP contribution is 2.32. The van der Waals surface area contributed by atoms with Crippen LogP contribution in [0.2, 0.25) is 0 Å². The number of imidazole rings is 1. The third kappa shape index (κ3) is 5.86. The van der Waals surface area contributed by atoms with Crippen molar-refractivity contribution in [2.45, 2.75) is 64.7 Å². The molecule has 0 fully saturated rings. The van der Waals surface area contributed by atoms with Crippen LogP contribution in [-0.4, -0.2) is 39.1 Å². The molecule has 33 heavy (non-hydrogen) atoms. The average molecular weight is 461 g/mol. The van der Waals surface area contributed by atoms with Crippen LogP contribution in [0.4, 0.5) is 18.0 Å². The van der Waals surface area contributed by atoms with Crippen LogP contribution in [0.1, 0.15) is 52.5 Å². The second-order valence-corrected chi connectivity index (χ2v) is 8.70. The van der Waals surface area contributed by atoms with Crippen LogP contribution in [-0.2, 0) is 5.54 Å². The van der Waals surface area contributed by atoms with Crippen molar-refractivity contribution in [2.75, 3.05) is 6.54 Å². The van der Waals surface area contributed by atoms with Gasteiger partial charge in [-0.3, -0.25) is 0 Å². The number of alkyl halides is 3. The molecular formula is C25H31F3N4O. The molecule has 3 aromatic rings. The lowest BCUT2D eigenvalue weighted by Gasteiger charge is -2.39. The summed E-state index contributed by atoms with van der Waals surface area (Å²) in [6, 6.07) is 11.0. The zero-order valence-corrected chi connectivity index (χ0v) is 19.5. The lowest BCUT2D eigenvalue weighted by molar-refractivity contribution is -0.136. The highest BCUT2D eigenvalue weighted by molar-refractivity contribution is 5.76. The third-order valence-corrected chi connectivity index (χ3v) is 6.12. The molecule has 2 heterocycles. The third-order valence-electron chi connectivity index (χ3n) is 6.12. The van der Waals surface area contributed by atoms with Gasteiger partial charge in [-0.1, -0.05) is 25.1 Å². The number of rotatable bonds is 8. The van der Waals surface area contributed by atoms with Crippen LogP contribution < -0.4 is 5.32 Å². The number of fused-ring (bicyclic) bond motifs is 1. The topological polar surface area (TPSA) is 49.6 Å². The Morgan fingerprint density at radius 3 is 2.58 bits per heavy atom. The van der Waals surface area contributed by atoms with Crippen LogP contribution in [0, 0.1) is 0 Å². The van der Waals surface area contributed by atoms with E-state index in [9.17, 15) is 18.0 Å². The maximum Gasteiger partial charge on any atom is 0.389 e. The summed E-state index contributed by atoms with van der Waals surface area (Å²) in [6.07, 6.45) is 0.799. The van der Waals surface area contributed by atoms with Crippen LogP contribution in [0.5, 0.6) is 0 Å². The Hall–Kier alpha value is -3.03. The summed E-state index contributed by atoms with van der Waals surface area (Å²) in [5, 5.41) is 2.81. The number of hydrogen-bond donors (Lipinski definition) is 1. The minimum absolute atomic E-state index is 0.129. The fourth-order valence-electron chi connectivity index (χ4n) is 4.09. The molecule has 0 radical (unpaired) electrons. The lowest BCUT2D eigenvalue weighted by Crippen LogP contribution is -2.52. The summed E-state index contributed by atoms with van der Waals surface area (Å²) in [7, 11) is 0. The number of urea groups is 1. The summed E-state index contributed by atoms with van der Waals surface area (Å²) >= 11 is 0. The van der Waals surface area contributed by atoms with E-state index >= 15 is 0 Å². The highest BCUT2D eigenvalue weighted by atomic mass is 19.4. The first-order chi connectivity index (χ1) is 15.5. The van der Waals surface area contributed by atoms with E-state index in [-0.39, 0.29) is 12.5 Å². The van der Waals surface area contributed by atoms with Gasteiger partial charge in [-0.2, -0.15) is 13.2 Å². The van der Waals surface area contributed by atoms with Crippen molar-refractivity contribution in [3.05, 3.63) is 60.6 Å². The van der Waals surface area contributed by atoms with Crippen molar-refractivity contribution in [3.8, 4) is 11.1 Å². The van der Waals surface area contributed by atoms with Crippen LogP contribution >= 0.6 is 0 Å². The zero-order valence-electron chi connectivity index (χ0n) is 19.5. The highest BCUT2D eigenvalue weighted by Gasteiger charge is 2.33. The number of nitrogens with one attached hydrogen (secondary N) is 1. The lowest BCUT2D eigenvalue weighted by atomic mass is 9.90. The van der Waals surface area contributed by atoms with Gasteiger partial charge in [-0.15, -0.1) is 0 Å².